The van der Waals surface area contributed by atoms with Crippen LogP contribution in [0.5, 0.6) is 5.75 Å². The summed E-state index contributed by atoms with van der Waals surface area (Å²) in [5.74, 6) is -0.517. The lowest BCUT2D eigenvalue weighted by Gasteiger charge is -2.12. The highest BCUT2D eigenvalue weighted by Crippen LogP contribution is 2.25. The van der Waals surface area contributed by atoms with Crippen LogP contribution in [-0.4, -0.2) is 13.1 Å². The fraction of sp³-hybridized carbons (Fsp3) is 0.133. The molecular formula is C15H13BrFNO3. The number of nitrogen functional groups attached to an aromatic ring is 1. The van der Waals surface area contributed by atoms with Crippen LogP contribution in [0, 0.1) is 5.82 Å². The third kappa shape index (κ3) is 3.72. The predicted octanol–water partition coefficient (Wildman–Crippen LogP) is 3.54. The zero-order valence-corrected chi connectivity index (χ0v) is 12.8. The van der Waals surface area contributed by atoms with Gasteiger partial charge in [-0.3, -0.25) is 0 Å². The van der Waals surface area contributed by atoms with Gasteiger partial charge >= 0.3 is 5.97 Å². The van der Waals surface area contributed by atoms with Crippen molar-refractivity contribution in [2.45, 2.75) is 6.61 Å². The third-order valence-corrected chi connectivity index (χ3v) is 3.55. The first kappa shape index (κ1) is 15.3. The summed E-state index contributed by atoms with van der Waals surface area (Å²) in [5, 5.41) is 0. The summed E-state index contributed by atoms with van der Waals surface area (Å²) in [6, 6.07) is 9.01. The molecule has 110 valence electrons. The van der Waals surface area contributed by atoms with Gasteiger partial charge in [0, 0.05) is 15.7 Å². The zero-order valence-electron chi connectivity index (χ0n) is 11.2. The highest BCUT2D eigenvalue weighted by molar-refractivity contribution is 9.10. The molecule has 2 aromatic rings. The molecule has 2 N–H and O–H groups in total. The monoisotopic (exact) mass is 353 g/mol. The number of nitrogens with two attached hydrogens (primary N) is 1. The summed E-state index contributed by atoms with van der Waals surface area (Å²) in [6.07, 6.45) is 0. The van der Waals surface area contributed by atoms with E-state index in [4.69, 9.17) is 15.2 Å². The van der Waals surface area contributed by atoms with Crippen molar-refractivity contribution in [3.8, 4) is 5.75 Å². The van der Waals surface area contributed by atoms with E-state index < -0.39 is 5.97 Å². The van der Waals surface area contributed by atoms with Crippen molar-refractivity contribution in [3.05, 3.63) is 57.8 Å². The Morgan fingerprint density at radius 1 is 1.29 bits per heavy atom. The van der Waals surface area contributed by atoms with Crippen LogP contribution >= 0.6 is 15.9 Å². The summed E-state index contributed by atoms with van der Waals surface area (Å²) >= 11 is 3.26. The number of hydrogen-bond donors (Lipinski definition) is 1. The first-order valence-corrected chi connectivity index (χ1v) is 6.85. The van der Waals surface area contributed by atoms with Gasteiger partial charge in [0.2, 0.25) is 0 Å². The van der Waals surface area contributed by atoms with Gasteiger partial charge in [0.1, 0.15) is 23.7 Å². The van der Waals surface area contributed by atoms with Crippen molar-refractivity contribution in [1.82, 2.24) is 0 Å². The Balaban J connectivity index is 2.21. The Labute approximate surface area is 129 Å². The minimum Gasteiger partial charge on any atom is -0.488 e. The van der Waals surface area contributed by atoms with E-state index in [0.29, 0.717) is 15.9 Å². The maximum absolute atomic E-state index is 13.0. The first-order valence-electron chi connectivity index (χ1n) is 6.06. The van der Waals surface area contributed by atoms with Crippen LogP contribution in [0.1, 0.15) is 15.9 Å². The van der Waals surface area contributed by atoms with Crippen LogP contribution in [0.3, 0.4) is 0 Å². The molecule has 0 aromatic heterocycles. The lowest BCUT2D eigenvalue weighted by Crippen LogP contribution is -2.07. The molecule has 0 spiro atoms. The number of ether oxygens (including phenoxy) is 2. The number of hydrogen-bond acceptors (Lipinski definition) is 4. The number of carbonyl (C=O) groups excluding carboxylic acids is 1. The smallest absolute Gasteiger partial charge is 0.341 e. The van der Waals surface area contributed by atoms with Gasteiger partial charge < -0.3 is 15.2 Å². The number of anilines is 1. The van der Waals surface area contributed by atoms with Gasteiger partial charge in [-0.1, -0.05) is 22.0 Å². The molecule has 0 fully saturated rings. The maximum atomic E-state index is 13.0. The maximum Gasteiger partial charge on any atom is 0.341 e. The fourth-order valence-electron chi connectivity index (χ4n) is 1.74. The predicted molar refractivity (Wildman–Crippen MR) is 80.6 cm³/mol. The van der Waals surface area contributed by atoms with Crippen molar-refractivity contribution < 1.29 is 18.7 Å². The number of methoxy groups -OCH3 is 1. The molecule has 0 radical (unpaired) electrons. The van der Waals surface area contributed by atoms with Crippen molar-refractivity contribution in [2.75, 3.05) is 12.8 Å². The van der Waals surface area contributed by atoms with Gasteiger partial charge in [-0.2, -0.15) is 0 Å². The van der Waals surface area contributed by atoms with Crippen molar-refractivity contribution in [1.29, 1.82) is 0 Å². The normalized spacial score (nSPS) is 10.2. The van der Waals surface area contributed by atoms with Gasteiger partial charge in [0.15, 0.2) is 0 Å². The van der Waals surface area contributed by atoms with Crippen LogP contribution in [0.2, 0.25) is 0 Å². The Hall–Kier alpha value is -2.08. The lowest BCUT2D eigenvalue weighted by molar-refractivity contribution is 0.0595. The molecular weight excluding hydrogens is 341 g/mol. The molecule has 0 unspecified atom stereocenters. The van der Waals surface area contributed by atoms with E-state index in [1.54, 1.807) is 18.2 Å². The zero-order chi connectivity index (χ0) is 15.4. The second kappa shape index (κ2) is 6.58. The number of carbonyl (C=O) groups is 1. The SMILES string of the molecule is COC(=O)c1cc(N)ccc1OCc1ccc(F)cc1Br. The summed E-state index contributed by atoms with van der Waals surface area (Å²) in [7, 11) is 1.28. The van der Waals surface area contributed by atoms with E-state index in [1.807, 2.05) is 0 Å². The molecule has 0 heterocycles. The molecule has 2 aromatic carbocycles. The Morgan fingerprint density at radius 2 is 2.05 bits per heavy atom. The molecule has 0 amide bonds. The molecule has 4 nitrogen and oxygen atoms in total. The van der Waals surface area contributed by atoms with Crippen molar-refractivity contribution >= 4 is 27.6 Å². The van der Waals surface area contributed by atoms with Crippen LogP contribution in [0.4, 0.5) is 10.1 Å². The number of halogens is 2. The van der Waals surface area contributed by atoms with E-state index in [1.165, 1.54) is 25.3 Å². The summed E-state index contributed by atoms with van der Waals surface area (Å²) in [4.78, 5) is 11.7. The first-order chi connectivity index (χ1) is 10.0. The Bertz CT molecular complexity index is 676. The van der Waals surface area contributed by atoms with Gasteiger partial charge in [0.25, 0.3) is 0 Å². The number of rotatable bonds is 4. The van der Waals surface area contributed by atoms with Gasteiger partial charge in [-0.15, -0.1) is 0 Å². The lowest BCUT2D eigenvalue weighted by atomic mass is 10.1. The second-order valence-corrected chi connectivity index (χ2v) is 5.13. The standard InChI is InChI=1S/C15H13BrFNO3/c1-20-15(19)12-7-11(18)4-5-14(12)21-8-9-2-3-10(17)6-13(9)16/h2-7H,8,18H2,1H3. The van der Waals surface area contributed by atoms with Gasteiger partial charge in [-0.05, 0) is 30.3 Å². The van der Waals surface area contributed by atoms with Crippen molar-refractivity contribution in [3.63, 3.8) is 0 Å². The highest BCUT2D eigenvalue weighted by Gasteiger charge is 2.14. The molecule has 0 aliphatic rings. The quantitative estimate of drug-likeness (QED) is 0.674. The average molecular weight is 354 g/mol. The number of esters is 1. The minimum absolute atomic E-state index is 0.175. The second-order valence-electron chi connectivity index (χ2n) is 4.27. The van der Waals surface area contributed by atoms with Crippen LogP contribution < -0.4 is 10.5 Å². The average Bonchev–Trinajstić information content (AvgIpc) is 2.46. The molecule has 6 heteroatoms. The molecule has 0 aliphatic carbocycles. The molecule has 21 heavy (non-hydrogen) atoms. The third-order valence-electron chi connectivity index (χ3n) is 2.81. The Morgan fingerprint density at radius 3 is 2.71 bits per heavy atom. The van der Waals surface area contributed by atoms with Crippen LogP contribution in [0.15, 0.2) is 40.9 Å². The topological polar surface area (TPSA) is 61.5 Å². The molecule has 0 bridgehead atoms. The van der Waals surface area contributed by atoms with Crippen LogP contribution in [0.25, 0.3) is 0 Å². The summed E-state index contributed by atoms with van der Waals surface area (Å²) in [6.45, 7) is 0.175. The highest BCUT2D eigenvalue weighted by atomic mass is 79.9. The van der Waals surface area contributed by atoms with E-state index in [0.717, 1.165) is 5.56 Å². The number of benzene rings is 2. The van der Waals surface area contributed by atoms with Gasteiger partial charge in [-0.25, -0.2) is 9.18 Å². The summed E-state index contributed by atoms with van der Waals surface area (Å²) in [5.41, 5.74) is 7.09. The fourth-order valence-corrected chi connectivity index (χ4v) is 2.20. The van der Waals surface area contributed by atoms with E-state index in [9.17, 15) is 9.18 Å². The van der Waals surface area contributed by atoms with Gasteiger partial charge in [0.05, 0.1) is 7.11 Å². The van der Waals surface area contributed by atoms with E-state index in [-0.39, 0.29) is 18.0 Å². The van der Waals surface area contributed by atoms with Crippen LogP contribution in [-0.2, 0) is 11.3 Å². The molecule has 0 atom stereocenters. The Kier molecular flexibility index (Phi) is 4.80. The largest absolute Gasteiger partial charge is 0.488 e. The minimum atomic E-state index is -0.532. The molecule has 0 aliphatic heterocycles. The van der Waals surface area contributed by atoms with E-state index in [2.05, 4.69) is 15.9 Å². The summed E-state index contributed by atoms with van der Waals surface area (Å²) < 4.78 is 23.9. The molecule has 0 saturated carbocycles. The van der Waals surface area contributed by atoms with E-state index >= 15 is 0 Å². The molecule has 2 rings (SSSR count). The van der Waals surface area contributed by atoms with Crippen molar-refractivity contribution in [2.24, 2.45) is 0 Å². The molecule has 0 saturated heterocycles.